The third-order valence-electron chi connectivity index (χ3n) is 4.28. The maximum absolute atomic E-state index is 4.18. The SMILES string of the molecule is CCC1(C(Cc2cncs2)NC)CCCC1. The average molecular weight is 238 g/mol. The first-order chi connectivity index (χ1) is 7.80. The molecule has 0 radical (unpaired) electrons. The van der Waals surface area contributed by atoms with Gasteiger partial charge in [-0.2, -0.15) is 0 Å². The number of likely N-dealkylation sites (N-methyl/N-ethyl adjacent to an activating group) is 1. The number of aromatic nitrogens is 1. The van der Waals surface area contributed by atoms with E-state index in [9.17, 15) is 0 Å². The van der Waals surface area contributed by atoms with Gasteiger partial charge in [0.15, 0.2) is 0 Å². The minimum Gasteiger partial charge on any atom is -0.316 e. The van der Waals surface area contributed by atoms with Crippen LogP contribution in [0.3, 0.4) is 0 Å². The Balaban J connectivity index is 2.08. The summed E-state index contributed by atoms with van der Waals surface area (Å²) >= 11 is 1.78. The molecule has 1 fully saturated rings. The summed E-state index contributed by atoms with van der Waals surface area (Å²) in [5.41, 5.74) is 2.48. The molecule has 0 spiro atoms. The number of hydrogen-bond acceptors (Lipinski definition) is 3. The molecule has 1 aromatic rings. The zero-order valence-corrected chi connectivity index (χ0v) is 11.1. The minimum absolute atomic E-state index is 0.540. The minimum atomic E-state index is 0.540. The molecule has 1 aromatic heterocycles. The summed E-state index contributed by atoms with van der Waals surface area (Å²) in [5.74, 6) is 0. The van der Waals surface area contributed by atoms with Gasteiger partial charge in [-0.1, -0.05) is 19.8 Å². The summed E-state index contributed by atoms with van der Waals surface area (Å²) in [6, 6.07) is 0.625. The van der Waals surface area contributed by atoms with Crippen LogP contribution < -0.4 is 5.32 Å². The van der Waals surface area contributed by atoms with Gasteiger partial charge in [-0.3, -0.25) is 4.98 Å². The number of nitrogens with one attached hydrogen (secondary N) is 1. The molecule has 1 atom stereocenters. The number of hydrogen-bond donors (Lipinski definition) is 1. The van der Waals surface area contributed by atoms with Gasteiger partial charge in [0.25, 0.3) is 0 Å². The van der Waals surface area contributed by atoms with E-state index in [1.54, 1.807) is 11.3 Å². The fourth-order valence-electron chi connectivity index (χ4n) is 3.20. The van der Waals surface area contributed by atoms with Gasteiger partial charge >= 0.3 is 0 Å². The Morgan fingerprint density at radius 1 is 1.50 bits per heavy atom. The van der Waals surface area contributed by atoms with Crippen LogP contribution in [0.4, 0.5) is 0 Å². The van der Waals surface area contributed by atoms with E-state index in [4.69, 9.17) is 0 Å². The van der Waals surface area contributed by atoms with E-state index in [2.05, 4.69) is 24.3 Å². The van der Waals surface area contributed by atoms with Gasteiger partial charge in [0.2, 0.25) is 0 Å². The van der Waals surface area contributed by atoms with Crippen LogP contribution in [-0.4, -0.2) is 18.1 Å². The lowest BCUT2D eigenvalue weighted by molar-refractivity contribution is 0.193. The molecular weight excluding hydrogens is 216 g/mol. The summed E-state index contributed by atoms with van der Waals surface area (Å²) in [4.78, 5) is 5.59. The first-order valence-corrected chi connectivity index (χ1v) is 7.23. The molecule has 1 heterocycles. The van der Waals surface area contributed by atoms with E-state index in [0.717, 1.165) is 6.42 Å². The normalized spacial score (nSPS) is 21.1. The highest BCUT2D eigenvalue weighted by atomic mass is 32.1. The molecule has 1 aliphatic carbocycles. The number of thiazole rings is 1. The molecule has 3 heteroatoms. The van der Waals surface area contributed by atoms with Crippen molar-refractivity contribution in [3.8, 4) is 0 Å². The fourth-order valence-corrected chi connectivity index (χ4v) is 3.84. The highest BCUT2D eigenvalue weighted by Crippen LogP contribution is 2.44. The molecule has 0 saturated heterocycles. The maximum atomic E-state index is 4.18. The molecule has 0 bridgehead atoms. The monoisotopic (exact) mass is 238 g/mol. The van der Waals surface area contributed by atoms with Crippen LogP contribution in [0.1, 0.15) is 43.9 Å². The van der Waals surface area contributed by atoms with Crippen LogP contribution in [0.2, 0.25) is 0 Å². The van der Waals surface area contributed by atoms with Gasteiger partial charge in [-0.25, -0.2) is 0 Å². The second-order valence-electron chi connectivity index (χ2n) is 4.94. The number of nitrogens with zero attached hydrogens (tertiary/aromatic N) is 1. The molecule has 90 valence electrons. The predicted molar refractivity (Wildman–Crippen MR) is 69.9 cm³/mol. The predicted octanol–water partition coefficient (Wildman–Crippen LogP) is 3.24. The van der Waals surface area contributed by atoms with Gasteiger partial charge < -0.3 is 5.32 Å². The van der Waals surface area contributed by atoms with Crippen LogP contribution in [0.5, 0.6) is 0 Å². The topological polar surface area (TPSA) is 24.9 Å². The summed E-state index contributed by atoms with van der Waals surface area (Å²) in [5, 5.41) is 3.55. The first kappa shape index (κ1) is 12.1. The second kappa shape index (κ2) is 5.28. The van der Waals surface area contributed by atoms with E-state index in [-0.39, 0.29) is 0 Å². The lowest BCUT2D eigenvalue weighted by Crippen LogP contribution is -2.43. The van der Waals surface area contributed by atoms with E-state index in [1.807, 2.05) is 11.7 Å². The zero-order valence-electron chi connectivity index (χ0n) is 10.3. The van der Waals surface area contributed by atoms with Crippen LogP contribution >= 0.6 is 11.3 Å². The van der Waals surface area contributed by atoms with E-state index < -0.39 is 0 Å². The van der Waals surface area contributed by atoms with Gasteiger partial charge in [0.1, 0.15) is 0 Å². The Labute approximate surface area is 102 Å². The molecule has 0 amide bonds. The van der Waals surface area contributed by atoms with Gasteiger partial charge in [0.05, 0.1) is 5.51 Å². The zero-order chi connectivity index (χ0) is 11.4. The molecule has 0 aromatic carbocycles. The summed E-state index contributed by atoms with van der Waals surface area (Å²) in [7, 11) is 2.11. The van der Waals surface area contributed by atoms with Crippen molar-refractivity contribution < 1.29 is 0 Å². The van der Waals surface area contributed by atoms with Crippen molar-refractivity contribution in [3.05, 3.63) is 16.6 Å². The van der Waals surface area contributed by atoms with Gasteiger partial charge in [-0.05, 0) is 38.1 Å². The molecular formula is C13H22N2S. The highest BCUT2D eigenvalue weighted by molar-refractivity contribution is 7.09. The van der Waals surface area contributed by atoms with Crippen molar-refractivity contribution in [1.29, 1.82) is 0 Å². The van der Waals surface area contributed by atoms with Crippen LogP contribution in [0, 0.1) is 5.41 Å². The van der Waals surface area contributed by atoms with Crippen LogP contribution in [0.15, 0.2) is 11.7 Å². The molecule has 16 heavy (non-hydrogen) atoms. The molecule has 1 aliphatic rings. The maximum Gasteiger partial charge on any atom is 0.0794 e. The van der Waals surface area contributed by atoms with Crippen LogP contribution in [0.25, 0.3) is 0 Å². The molecule has 2 rings (SSSR count). The lowest BCUT2D eigenvalue weighted by Gasteiger charge is -2.36. The van der Waals surface area contributed by atoms with Crippen molar-refractivity contribution in [1.82, 2.24) is 10.3 Å². The Morgan fingerprint density at radius 3 is 2.75 bits per heavy atom. The molecule has 2 nitrogen and oxygen atoms in total. The standard InChI is InChI=1S/C13H22N2S/c1-3-13(6-4-5-7-13)12(14-2)8-11-9-15-10-16-11/h9-10,12,14H,3-8H2,1-2H3. The smallest absolute Gasteiger partial charge is 0.0794 e. The van der Waals surface area contributed by atoms with Gasteiger partial charge in [-0.15, -0.1) is 11.3 Å². The van der Waals surface area contributed by atoms with E-state index in [0.29, 0.717) is 11.5 Å². The first-order valence-electron chi connectivity index (χ1n) is 6.35. The van der Waals surface area contributed by atoms with Crippen molar-refractivity contribution in [2.24, 2.45) is 5.41 Å². The summed E-state index contributed by atoms with van der Waals surface area (Å²) in [6.45, 7) is 2.35. The number of rotatable bonds is 5. The summed E-state index contributed by atoms with van der Waals surface area (Å²) < 4.78 is 0. The van der Waals surface area contributed by atoms with Gasteiger partial charge in [0, 0.05) is 17.1 Å². The third-order valence-corrected chi connectivity index (χ3v) is 5.08. The van der Waals surface area contributed by atoms with E-state index in [1.165, 1.54) is 37.0 Å². The largest absolute Gasteiger partial charge is 0.316 e. The summed E-state index contributed by atoms with van der Waals surface area (Å²) in [6.07, 6.45) is 10.1. The van der Waals surface area contributed by atoms with E-state index >= 15 is 0 Å². The Hall–Kier alpha value is -0.410. The second-order valence-corrected chi connectivity index (χ2v) is 5.91. The van der Waals surface area contributed by atoms with Crippen molar-refractivity contribution in [2.45, 2.75) is 51.5 Å². The molecule has 1 saturated carbocycles. The molecule has 1 unspecified atom stereocenters. The molecule has 1 N–H and O–H groups in total. The Morgan fingerprint density at radius 2 is 2.25 bits per heavy atom. The Bertz CT molecular complexity index is 302. The van der Waals surface area contributed by atoms with Crippen molar-refractivity contribution in [3.63, 3.8) is 0 Å². The Kier molecular flexibility index (Phi) is 3.98. The average Bonchev–Trinajstić information content (AvgIpc) is 2.97. The third kappa shape index (κ3) is 2.30. The van der Waals surface area contributed by atoms with Crippen molar-refractivity contribution >= 4 is 11.3 Å². The quantitative estimate of drug-likeness (QED) is 0.852. The highest BCUT2D eigenvalue weighted by Gasteiger charge is 2.38. The van der Waals surface area contributed by atoms with Crippen molar-refractivity contribution in [2.75, 3.05) is 7.05 Å². The molecule has 0 aliphatic heterocycles. The lowest BCUT2D eigenvalue weighted by atomic mass is 9.75. The fraction of sp³-hybridized carbons (Fsp3) is 0.769. The van der Waals surface area contributed by atoms with Crippen LogP contribution in [-0.2, 0) is 6.42 Å².